The molecule has 1 saturated heterocycles. The summed E-state index contributed by atoms with van der Waals surface area (Å²) in [5.41, 5.74) is -0.938. The van der Waals surface area contributed by atoms with Crippen LogP contribution in [0.4, 0.5) is 4.79 Å². The van der Waals surface area contributed by atoms with Gasteiger partial charge in [-0.05, 0) is 26.7 Å². The van der Waals surface area contributed by atoms with Crippen LogP contribution in [0, 0.1) is 0 Å². The molecule has 24 heavy (non-hydrogen) atoms. The molecule has 8 nitrogen and oxygen atoms in total. The molecule has 1 fully saturated rings. The van der Waals surface area contributed by atoms with Crippen molar-refractivity contribution in [3.63, 3.8) is 0 Å². The number of hydrogen-bond donors (Lipinski definition) is 2. The Labute approximate surface area is 142 Å². The van der Waals surface area contributed by atoms with Crippen molar-refractivity contribution in [1.82, 2.24) is 15.5 Å². The number of urea groups is 1. The number of imide groups is 1. The molecule has 8 heteroatoms. The average molecular weight is 341 g/mol. The number of carbonyl (C=O) groups excluding carboxylic acids is 4. The van der Waals surface area contributed by atoms with Gasteiger partial charge < -0.3 is 15.4 Å². The maximum absolute atomic E-state index is 12.6. The minimum absolute atomic E-state index is 0.404. The van der Waals surface area contributed by atoms with Gasteiger partial charge in [0.05, 0.1) is 0 Å². The molecule has 0 spiro atoms. The summed E-state index contributed by atoms with van der Waals surface area (Å²) >= 11 is 0. The van der Waals surface area contributed by atoms with E-state index in [9.17, 15) is 19.2 Å². The van der Waals surface area contributed by atoms with E-state index in [0.717, 1.165) is 17.7 Å². The summed E-state index contributed by atoms with van der Waals surface area (Å²) in [4.78, 5) is 49.1. The van der Waals surface area contributed by atoms with Crippen LogP contribution in [0.15, 0.2) is 0 Å². The van der Waals surface area contributed by atoms with Crippen LogP contribution in [-0.2, 0) is 19.1 Å². The molecule has 0 radical (unpaired) electrons. The van der Waals surface area contributed by atoms with Gasteiger partial charge in [0.2, 0.25) is 0 Å². The van der Waals surface area contributed by atoms with E-state index in [0.29, 0.717) is 19.4 Å². The quantitative estimate of drug-likeness (QED) is 0.480. The fourth-order valence-electron chi connectivity index (χ4n) is 2.87. The van der Waals surface area contributed by atoms with Gasteiger partial charge in [-0.25, -0.2) is 4.79 Å². The molecule has 1 heterocycles. The van der Waals surface area contributed by atoms with Crippen LogP contribution < -0.4 is 10.6 Å². The van der Waals surface area contributed by atoms with Crippen molar-refractivity contribution in [2.24, 2.45) is 0 Å². The second-order valence-electron chi connectivity index (χ2n) is 5.93. The molecule has 1 atom stereocenters. The van der Waals surface area contributed by atoms with Crippen LogP contribution >= 0.6 is 0 Å². The molecule has 0 bridgehead atoms. The molecule has 0 unspecified atom stereocenters. The van der Waals surface area contributed by atoms with Gasteiger partial charge in [-0.15, -0.1) is 0 Å². The Bertz CT molecular complexity index is 500. The topological polar surface area (TPSA) is 105 Å². The smallest absolute Gasteiger partial charge is 0.327 e. The number of nitrogens with one attached hydrogen (secondary N) is 2. The van der Waals surface area contributed by atoms with Gasteiger partial charge in [0.1, 0.15) is 12.1 Å². The first-order chi connectivity index (χ1) is 11.3. The fraction of sp³-hybridized carbons (Fsp3) is 0.750. The summed E-state index contributed by atoms with van der Waals surface area (Å²) in [6.45, 7) is 6.98. The third-order valence-corrected chi connectivity index (χ3v) is 3.92. The Morgan fingerprint density at radius 3 is 2.29 bits per heavy atom. The highest BCUT2D eigenvalue weighted by atomic mass is 16.5. The minimum atomic E-state index is -0.978. The molecule has 0 aliphatic carbocycles. The van der Waals surface area contributed by atoms with Crippen molar-refractivity contribution in [3.05, 3.63) is 0 Å². The Balaban J connectivity index is 2.73. The first kappa shape index (κ1) is 19.9. The zero-order chi connectivity index (χ0) is 18.3. The molecule has 0 saturated carbocycles. The fourth-order valence-corrected chi connectivity index (χ4v) is 2.87. The number of ether oxygens (including phenoxy) is 1. The van der Waals surface area contributed by atoms with E-state index in [4.69, 9.17) is 4.74 Å². The van der Waals surface area contributed by atoms with E-state index in [1.165, 1.54) is 6.92 Å². The highest BCUT2D eigenvalue weighted by Gasteiger charge is 2.50. The number of rotatable bonds is 9. The third-order valence-electron chi connectivity index (χ3n) is 3.92. The summed E-state index contributed by atoms with van der Waals surface area (Å²) in [5, 5.41) is 5.25. The molecule has 0 aromatic rings. The summed E-state index contributed by atoms with van der Waals surface area (Å²) < 4.78 is 4.99. The lowest BCUT2D eigenvalue weighted by atomic mass is 9.88. The van der Waals surface area contributed by atoms with Gasteiger partial charge in [-0.3, -0.25) is 19.3 Å². The number of amides is 4. The first-order valence-electron chi connectivity index (χ1n) is 8.42. The number of likely N-dealkylation sites (N-methyl/N-ethyl adjacent to an activating group) is 1. The molecule has 1 rings (SSSR count). The molecule has 1 aliphatic rings. The van der Waals surface area contributed by atoms with Gasteiger partial charge in [0.25, 0.3) is 11.8 Å². The Hall–Kier alpha value is -2.12. The van der Waals surface area contributed by atoms with E-state index in [1.807, 2.05) is 13.8 Å². The molecular weight excluding hydrogens is 314 g/mol. The molecular formula is C16H27N3O5. The summed E-state index contributed by atoms with van der Waals surface area (Å²) in [6.07, 6.45) is 1.53. The summed E-state index contributed by atoms with van der Waals surface area (Å²) in [6, 6.07) is -0.593. The van der Waals surface area contributed by atoms with E-state index in [-0.39, 0.29) is 0 Å². The largest absolute Gasteiger partial charge is 0.451 e. The monoisotopic (exact) mass is 341 g/mol. The van der Waals surface area contributed by atoms with Crippen molar-refractivity contribution >= 4 is 23.8 Å². The van der Waals surface area contributed by atoms with Crippen LogP contribution in [0.2, 0.25) is 0 Å². The molecule has 1 aliphatic heterocycles. The lowest BCUT2D eigenvalue weighted by Gasteiger charge is -2.25. The highest BCUT2D eigenvalue weighted by Crippen LogP contribution is 2.27. The predicted molar refractivity (Wildman–Crippen MR) is 87.0 cm³/mol. The predicted octanol–water partition coefficient (Wildman–Crippen LogP) is 0.945. The Kier molecular flexibility index (Phi) is 7.18. The molecule has 0 aromatic carbocycles. The average Bonchev–Trinajstić information content (AvgIpc) is 2.72. The number of hydrogen-bond acceptors (Lipinski definition) is 5. The number of nitrogens with zero attached hydrogens (tertiary/aromatic N) is 1. The van der Waals surface area contributed by atoms with Gasteiger partial charge in [0, 0.05) is 6.54 Å². The summed E-state index contributed by atoms with van der Waals surface area (Å²) in [7, 11) is 0. The van der Waals surface area contributed by atoms with E-state index >= 15 is 0 Å². The maximum atomic E-state index is 12.6. The maximum Gasteiger partial charge on any atom is 0.327 e. The van der Waals surface area contributed by atoms with Crippen molar-refractivity contribution in [1.29, 1.82) is 0 Å². The van der Waals surface area contributed by atoms with Crippen LogP contribution in [0.5, 0.6) is 0 Å². The van der Waals surface area contributed by atoms with Gasteiger partial charge in [0.15, 0.2) is 6.10 Å². The molecule has 2 N–H and O–H groups in total. The van der Waals surface area contributed by atoms with Crippen LogP contribution in [0.1, 0.15) is 53.4 Å². The van der Waals surface area contributed by atoms with Crippen molar-refractivity contribution < 1.29 is 23.9 Å². The van der Waals surface area contributed by atoms with Crippen LogP contribution in [0.25, 0.3) is 0 Å². The third kappa shape index (κ3) is 4.46. The normalized spacial score (nSPS) is 17.4. The molecule has 136 valence electrons. The second-order valence-corrected chi connectivity index (χ2v) is 5.93. The SMILES string of the molecule is CCCC1(CCC)NC(=O)N(CC(=O)O[C@H](C)C(=O)NCC)C1=O. The first-order valence-corrected chi connectivity index (χ1v) is 8.42. The van der Waals surface area contributed by atoms with E-state index < -0.39 is 42.0 Å². The van der Waals surface area contributed by atoms with Crippen molar-refractivity contribution in [2.75, 3.05) is 13.1 Å². The minimum Gasteiger partial charge on any atom is -0.451 e. The highest BCUT2D eigenvalue weighted by molar-refractivity contribution is 6.08. The van der Waals surface area contributed by atoms with Crippen LogP contribution in [0.3, 0.4) is 0 Å². The molecule has 4 amide bonds. The molecule has 0 aromatic heterocycles. The second kappa shape index (κ2) is 8.65. The lowest BCUT2D eigenvalue weighted by Crippen LogP contribution is -2.47. The van der Waals surface area contributed by atoms with E-state index in [1.54, 1.807) is 6.92 Å². The lowest BCUT2D eigenvalue weighted by molar-refractivity contribution is -0.156. The summed E-state index contributed by atoms with van der Waals surface area (Å²) in [5.74, 6) is -1.62. The standard InChI is InChI=1S/C16H27N3O5/c1-5-8-16(9-6-2)14(22)19(15(23)18-16)10-12(20)24-11(4)13(21)17-7-3/h11H,5-10H2,1-4H3,(H,17,21)(H,18,23)/t11-/m1/s1. The van der Waals surface area contributed by atoms with Crippen molar-refractivity contribution in [2.45, 2.75) is 65.0 Å². The Morgan fingerprint density at radius 2 is 1.79 bits per heavy atom. The van der Waals surface area contributed by atoms with Gasteiger partial charge in [-0.1, -0.05) is 26.7 Å². The Morgan fingerprint density at radius 1 is 1.21 bits per heavy atom. The zero-order valence-corrected chi connectivity index (χ0v) is 14.8. The van der Waals surface area contributed by atoms with Crippen molar-refractivity contribution in [3.8, 4) is 0 Å². The van der Waals surface area contributed by atoms with E-state index in [2.05, 4.69) is 10.6 Å². The van der Waals surface area contributed by atoms with Crippen LogP contribution in [-0.4, -0.2) is 53.4 Å². The van der Waals surface area contributed by atoms with Gasteiger partial charge in [-0.2, -0.15) is 0 Å². The number of carbonyl (C=O) groups is 4. The van der Waals surface area contributed by atoms with Gasteiger partial charge >= 0.3 is 12.0 Å². The number of esters is 1. The zero-order valence-electron chi connectivity index (χ0n) is 14.8.